The van der Waals surface area contributed by atoms with Crippen molar-refractivity contribution in [3.8, 4) is 6.07 Å². The Hall–Kier alpha value is -1.37. The van der Waals surface area contributed by atoms with Crippen molar-refractivity contribution >= 4 is 0 Å². The number of aliphatic hydroxyl groups is 1. The molecule has 0 saturated carbocycles. The van der Waals surface area contributed by atoms with Gasteiger partial charge in [0.1, 0.15) is 0 Å². The Balaban J connectivity index is 3.04. The molecule has 3 nitrogen and oxygen atoms in total. The monoisotopic (exact) mass is 190 g/mol. The zero-order chi connectivity index (χ0) is 10.6. The van der Waals surface area contributed by atoms with Gasteiger partial charge in [-0.3, -0.25) is 0 Å². The van der Waals surface area contributed by atoms with E-state index in [0.717, 1.165) is 11.1 Å². The van der Waals surface area contributed by atoms with Crippen LogP contribution in [0.25, 0.3) is 0 Å². The van der Waals surface area contributed by atoms with Gasteiger partial charge in [-0.2, -0.15) is 5.26 Å². The smallest absolute Gasteiger partial charge is 0.0994 e. The summed E-state index contributed by atoms with van der Waals surface area (Å²) in [6, 6.07) is 7.41. The summed E-state index contributed by atoms with van der Waals surface area (Å²) in [5.74, 6) is 0. The summed E-state index contributed by atoms with van der Waals surface area (Å²) in [5.41, 5.74) is 8.37. The highest BCUT2D eigenvalue weighted by molar-refractivity contribution is 5.43. The third-order valence-electron chi connectivity index (χ3n) is 2.34. The standard InChI is InChI=1S/C11H14N2O/c1-8-9(7-12)3-2-4-10(8)11(13)5-6-14/h2-4,11,14H,5-6,13H2,1H3/t11-/m1/s1. The Morgan fingerprint density at radius 2 is 2.29 bits per heavy atom. The van der Waals surface area contributed by atoms with Gasteiger partial charge in [0.2, 0.25) is 0 Å². The molecular formula is C11H14N2O. The summed E-state index contributed by atoms with van der Waals surface area (Å²) in [7, 11) is 0. The van der Waals surface area contributed by atoms with E-state index in [1.165, 1.54) is 0 Å². The zero-order valence-electron chi connectivity index (χ0n) is 8.20. The van der Waals surface area contributed by atoms with E-state index in [9.17, 15) is 0 Å². The maximum absolute atomic E-state index is 8.81. The van der Waals surface area contributed by atoms with Crippen molar-refractivity contribution < 1.29 is 5.11 Å². The van der Waals surface area contributed by atoms with Crippen molar-refractivity contribution in [1.29, 1.82) is 5.26 Å². The molecule has 0 aliphatic carbocycles. The van der Waals surface area contributed by atoms with Crippen LogP contribution >= 0.6 is 0 Å². The maximum Gasteiger partial charge on any atom is 0.0994 e. The molecule has 1 atom stereocenters. The lowest BCUT2D eigenvalue weighted by atomic mass is 9.96. The van der Waals surface area contributed by atoms with Gasteiger partial charge in [-0.05, 0) is 30.5 Å². The van der Waals surface area contributed by atoms with Gasteiger partial charge in [-0.15, -0.1) is 0 Å². The van der Waals surface area contributed by atoms with Crippen LogP contribution in [0, 0.1) is 18.3 Å². The van der Waals surface area contributed by atoms with Gasteiger partial charge in [0, 0.05) is 12.6 Å². The molecule has 3 heteroatoms. The lowest BCUT2D eigenvalue weighted by Gasteiger charge is -2.13. The first-order chi connectivity index (χ1) is 6.70. The molecule has 3 N–H and O–H groups in total. The minimum absolute atomic E-state index is 0.0669. The maximum atomic E-state index is 8.81. The average molecular weight is 190 g/mol. The molecule has 14 heavy (non-hydrogen) atoms. The van der Waals surface area contributed by atoms with Gasteiger partial charge >= 0.3 is 0 Å². The van der Waals surface area contributed by atoms with Crippen molar-refractivity contribution in [2.24, 2.45) is 5.73 Å². The Kier molecular flexibility index (Phi) is 3.63. The minimum Gasteiger partial charge on any atom is -0.396 e. The predicted molar refractivity (Wildman–Crippen MR) is 54.5 cm³/mol. The molecule has 1 aromatic carbocycles. The number of hydrogen-bond acceptors (Lipinski definition) is 3. The molecule has 0 amide bonds. The molecule has 0 unspecified atom stereocenters. The molecule has 74 valence electrons. The number of hydrogen-bond donors (Lipinski definition) is 2. The summed E-state index contributed by atoms with van der Waals surface area (Å²) in [6.45, 7) is 1.95. The van der Waals surface area contributed by atoms with Crippen molar-refractivity contribution in [1.82, 2.24) is 0 Å². The normalized spacial score (nSPS) is 12.1. The van der Waals surface area contributed by atoms with Crippen molar-refractivity contribution in [3.05, 3.63) is 34.9 Å². The number of nitriles is 1. The molecule has 1 rings (SSSR count). The summed E-state index contributed by atoms with van der Waals surface area (Å²) < 4.78 is 0. The second kappa shape index (κ2) is 4.75. The molecule has 0 bridgehead atoms. The molecule has 0 radical (unpaired) electrons. The Labute approximate surface area is 83.8 Å². The van der Waals surface area contributed by atoms with Gasteiger partial charge < -0.3 is 10.8 Å². The molecule has 0 fully saturated rings. The highest BCUT2D eigenvalue weighted by Crippen LogP contribution is 2.20. The lowest BCUT2D eigenvalue weighted by molar-refractivity contribution is 0.276. The minimum atomic E-state index is -0.187. The van der Waals surface area contributed by atoms with Crippen LogP contribution in [-0.2, 0) is 0 Å². The van der Waals surface area contributed by atoms with Gasteiger partial charge in [0.15, 0.2) is 0 Å². The van der Waals surface area contributed by atoms with E-state index < -0.39 is 0 Å². The highest BCUT2D eigenvalue weighted by Gasteiger charge is 2.10. The Morgan fingerprint density at radius 3 is 2.86 bits per heavy atom. The summed E-state index contributed by atoms with van der Waals surface area (Å²) in [5, 5.41) is 17.6. The van der Waals surface area contributed by atoms with Crippen LogP contribution in [0.15, 0.2) is 18.2 Å². The van der Waals surface area contributed by atoms with Crippen LogP contribution in [0.5, 0.6) is 0 Å². The van der Waals surface area contributed by atoms with E-state index in [0.29, 0.717) is 12.0 Å². The topological polar surface area (TPSA) is 70.0 Å². The second-order valence-corrected chi connectivity index (χ2v) is 3.25. The summed E-state index contributed by atoms with van der Waals surface area (Å²) in [6.07, 6.45) is 0.524. The van der Waals surface area contributed by atoms with E-state index >= 15 is 0 Å². The largest absolute Gasteiger partial charge is 0.396 e. The molecule has 0 spiro atoms. The van der Waals surface area contributed by atoms with Crippen LogP contribution in [0.4, 0.5) is 0 Å². The molecule has 0 heterocycles. The van der Waals surface area contributed by atoms with Crippen molar-refractivity contribution in [2.75, 3.05) is 6.61 Å². The van der Waals surface area contributed by atoms with Crippen LogP contribution in [-0.4, -0.2) is 11.7 Å². The number of nitrogens with zero attached hydrogens (tertiary/aromatic N) is 1. The molecule has 0 aliphatic rings. The molecule has 1 aromatic rings. The fraction of sp³-hybridized carbons (Fsp3) is 0.364. The summed E-state index contributed by atoms with van der Waals surface area (Å²) in [4.78, 5) is 0. The first kappa shape index (κ1) is 10.7. The quantitative estimate of drug-likeness (QED) is 0.753. The Morgan fingerprint density at radius 1 is 1.57 bits per heavy atom. The van der Waals surface area contributed by atoms with Gasteiger partial charge in [0.05, 0.1) is 11.6 Å². The SMILES string of the molecule is Cc1c(C#N)cccc1[C@H](N)CCO. The molecular weight excluding hydrogens is 176 g/mol. The molecule has 0 aromatic heterocycles. The van der Waals surface area contributed by atoms with Crippen LogP contribution in [0.1, 0.15) is 29.2 Å². The van der Waals surface area contributed by atoms with Gasteiger partial charge in [0.25, 0.3) is 0 Å². The fourth-order valence-electron chi connectivity index (χ4n) is 1.47. The molecule has 0 aliphatic heterocycles. The number of nitrogens with two attached hydrogens (primary N) is 1. The zero-order valence-corrected chi connectivity index (χ0v) is 8.20. The van der Waals surface area contributed by atoms with Crippen molar-refractivity contribution in [2.45, 2.75) is 19.4 Å². The summed E-state index contributed by atoms with van der Waals surface area (Å²) >= 11 is 0. The average Bonchev–Trinajstić information content (AvgIpc) is 2.18. The van der Waals surface area contributed by atoms with Crippen LogP contribution in [0.3, 0.4) is 0 Å². The fourth-order valence-corrected chi connectivity index (χ4v) is 1.47. The van der Waals surface area contributed by atoms with Crippen LogP contribution in [0.2, 0.25) is 0 Å². The van der Waals surface area contributed by atoms with E-state index in [2.05, 4.69) is 6.07 Å². The van der Waals surface area contributed by atoms with Gasteiger partial charge in [-0.25, -0.2) is 0 Å². The highest BCUT2D eigenvalue weighted by atomic mass is 16.3. The first-order valence-electron chi connectivity index (χ1n) is 4.56. The van der Waals surface area contributed by atoms with Crippen molar-refractivity contribution in [3.63, 3.8) is 0 Å². The van der Waals surface area contributed by atoms with E-state index in [-0.39, 0.29) is 12.6 Å². The van der Waals surface area contributed by atoms with E-state index in [1.54, 1.807) is 6.07 Å². The third-order valence-corrected chi connectivity index (χ3v) is 2.34. The third kappa shape index (κ3) is 2.11. The number of aliphatic hydroxyl groups excluding tert-OH is 1. The van der Waals surface area contributed by atoms with E-state index in [4.69, 9.17) is 16.1 Å². The van der Waals surface area contributed by atoms with Gasteiger partial charge in [-0.1, -0.05) is 12.1 Å². The lowest BCUT2D eigenvalue weighted by Crippen LogP contribution is -2.13. The predicted octanol–water partition coefficient (Wildman–Crippen LogP) is 1.25. The number of rotatable bonds is 3. The van der Waals surface area contributed by atoms with E-state index in [1.807, 2.05) is 19.1 Å². The first-order valence-corrected chi connectivity index (χ1v) is 4.56. The second-order valence-electron chi connectivity index (χ2n) is 3.25. The Bertz CT molecular complexity index is 355. The number of benzene rings is 1. The van der Waals surface area contributed by atoms with Crippen LogP contribution < -0.4 is 5.73 Å². The molecule has 0 saturated heterocycles.